The van der Waals surface area contributed by atoms with Gasteiger partial charge >= 0.3 is 6.03 Å². The van der Waals surface area contributed by atoms with Crippen molar-refractivity contribution in [1.29, 1.82) is 0 Å². The molecule has 0 aromatic heterocycles. The Balaban J connectivity index is 1.80. The molecule has 0 unspecified atom stereocenters. The third-order valence-electron chi connectivity index (χ3n) is 3.39. The number of imide groups is 1. The SMILES string of the molecule is CCCNC(=O)NC(=O)CNc1cccc(OCc2ccc(F)cc2)c1. The molecule has 0 bridgehead atoms. The lowest BCUT2D eigenvalue weighted by Gasteiger charge is -2.10. The second-order valence-corrected chi connectivity index (χ2v) is 5.60. The number of rotatable bonds is 8. The summed E-state index contributed by atoms with van der Waals surface area (Å²) in [5.74, 6) is -0.113. The molecule has 0 atom stereocenters. The number of ether oxygens (including phenoxy) is 1. The van der Waals surface area contributed by atoms with Gasteiger partial charge in [-0.3, -0.25) is 10.1 Å². The van der Waals surface area contributed by atoms with Gasteiger partial charge in [0.05, 0.1) is 6.54 Å². The van der Waals surface area contributed by atoms with E-state index in [0.29, 0.717) is 24.6 Å². The van der Waals surface area contributed by atoms with Gasteiger partial charge in [-0.1, -0.05) is 25.1 Å². The molecule has 0 radical (unpaired) electrons. The summed E-state index contributed by atoms with van der Waals surface area (Å²) in [5, 5.41) is 7.73. The van der Waals surface area contributed by atoms with E-state index < -0.39 is 11.9 Å². The van der Waals surface area contributed by atoms with Crippen molar-refractivity contribution < 1.29 is 18.7 Å². The van der Waals surface area contributed by atoms with E-state index in [4.69, 9.17) is 4.74 Å². The van der Waals surface area contributed by atoms with Gasteiger partial charge in [0.1, 0.15) is 18.2 Å². The number of urea groups is 1. The van der Waals surface area contributed by atoms with Gasteiger partial charge in [0, 0.05) is 18.3 Å². The Labute approximate surface area is 151 Å². The van der Waals surface area contributed by atoms with E-state index in [1.165, 1.54) is 12.1 Å². The molecule has 2 aromatic carbocycles. The van der Waals surface area contributed by atoms with Crippen molar-refractivity contribution in [2.24, 2.45) is 0 Å². The molecule has 138 valence electrons. The molecule has 0 saturated carbocycles. The molecule has 7 heteroatoms. The van der Waals surface area contributed by atoms with E-state index in [9.17, 15) is 14.0 Å². The minimum absolute atomic E-state index is 0.0407. The second-order valence-electron chi connectivity index (χ2n) is 5.60. The zero-order chi connectivity index (χ0) is 18.8. The Hall–Kier alpha value is -3.09. The molecule has 0 fully saturated rings. The number of benzene rings is 2. The van der Waals surface area contributed by atoms with E-state index >= 15 is 0 Å². The van der Waals surface area contributed by atoms with E-state index in [2.05, 4.69) is 16.0 Å². The van der Waals surface area contributed by atoms with E-state index in [-0.39, 0.29) is 12.4 Å². The Bertz CT molecular complexity index is 735. The van der Waals surface area contributed by atoms with E-state index in [1.54, 1.807) is 36.4 Å². The lowest BCUT2D eigenvalue weighted by Crippen LogP contribution is -2.42. The lowest BCUT2D eigenvalue weighted by molar-refractivity contribution is -0.118. The van der Waals surface area contributed by atoms with Crippen LogP contribution in [0.4, 0.5) is 14.9 Å². The fraction of sp³-hybridized carbons (Fsp3) is 0.263. The molecule has 0 aliphatic rings. The number of amides is 3. The molecule has 3 N–H and O–H groups in total. The molecule has 0 heterocycles. The van der Waals surface area contributed by atoms with Crippen LogP contribution in [0.25, 0.3) is 0 Å². The average molecular weight is 359 g/mol. The van der Waals surface area contributed by atoms with Crippen molar-refractivity contribution in [3.8, 4) is 5.75 Å². The molecule has 0 saturated heterocycles. The van der Waals surface area contributed by atoms with E-state index in [1.807, 2.05) is 6.92 Å². The number of carbonyl (C=O) groups is 2. The largest absolute Gasteiger partial charge is 0.489 e. The first-order valence-corrected chi connectivity index (χ1v) is 8.35. The van der Waals surface area contributed by atoms with Crippen LogP contribution in [-0.2, 0) is 11.4 Å². The van der Waals surface area contributed by atoms with Gasteiger partial charge in [0.15, 0.2) is 0 Å². The topological polar surface area (TPSA) is 79.5 Å². The summed E-state index contributed by atoms with van der Waals surface area (Å²) in [5.41, 5.74) is 1.54. The highest BCUT2D eigenvalue weighted by Gasteiger charge is 2.07. The first-order chi connectivity index (χ1) is 12.6. The Morgan fingerprint density at radius 3 is 2.62 bits per heavy atom. The molecule has 2 rings (SSSR count). The van der Waals surface area contributed by atoms with Crippen LogP contribution in [0.1, 0.15) is 18.9 Å². The third kappa shape index (κ3) is 6.80. The van der Waals surface area contributed by atoms with Gasteiger partial charge in [-0.25, -0.2) is 9.18 Å². The van der Waals surface area contributed by atoms with Gasteiger partial charge in [-0.05, 0) is 36.2 Å². The first kappa shape index (κ1) is 19.2. The standard InChI is InChI=1S/C19H22FN3O3/c1-2-10-21-19(25)23-18(24)12-22-16-4-3-5-17(11-16)26-13-14-6-8-15(20)9-7-14/h3-9,11,22H,2,10,12-13H2,1H3,(H2,21,23,24,25). The maximum Gasteiger partial charge on any atom is 0.321 e. The highest BCUT2D eigenvalue weighted by molar-refractivity contribution is 5.96. The number of hydrogen-bond acceptors (Lipinski definition) is 4. The highest BCUT2D eigenvalue weighted by Crippen LogP contribution is 2.18. The van der Waals surface area contributed by atoms with Crippen LogP contribution >= 0.6 is 0 Å². The van der Waals surface area contributed by atoms with Gasteiger partial charge in [-0.15, -0.1) is 0 Å². The predicted octanol–water partition coefficient (Wildman–Crippen LogP) is 3.05. The summed E-state index contributed by atoms with van der Waals surface area (Å²) >= 11 is 0. The van der Waals surface area contributed by atoms with Crippen LogP contribution in [-0.4, -0.2) is 25.0 Å². The summed E-state index contributed by atoms with van der Waals surface area (Å²) in [7, 11) is 0. The smallest absolute Gasteiger partial charge is 0.321 e. The van der Waals surface area contributed by atoms with Crippen molar-refractivity contribution in [2.75, 3.05) is 18.4 Å². The second kappa shape index (κ2) is 10.0. The molecular weight excluding hydrogens is 337 g/mol. The van der Waals surface area contributed by atoms with Crippen LogP contribution in [0, 0.1) is 5.82 Å². The van der Waals surface area contributed by atoms with E-state index in [0.717, 1.165) is 12.0 Å². The van der Waals surface area contributed by atoms with Crippen molar-refractivity contribution >= 4 is 17.6 Å². The van der Waals surface area contributed by atoms with Gasteiger partial charge < -0.3 is 15.4 Å². The summed E-state index contributed by atoms with van der Waals surface area (Å²) in [6.07, 6.45) is 0.796. The fourth-order valence-corrected chi connectivity index (χ4v) is 2.08. The Morgan fingerprint density at radius 1 is 1.12 bits per heavy atom. The zero-order valence-electron chi connectivity index (χ0n) is 14.5. The minimum Gasteiger partial charge on any atom is -0.489 e. The number of halogens is 1. The fourth-order valence-electron chi connectivity index (χ4n) is 2.08. The quantitative estimate of drug-likeness (QED) is 0.677. The summed E-state index contributed by atoms with van der Waals surface area (Å²) < 4.78 is 18.5. The first-order valence-electron chi connectivity index (χ1n) is 8.35. The number of anilines is 1. The molecular formula is C19H22FN3O3. The van der Waals surface area contributed by atoms with Crippen molar-refractivity contribution in [2.45, 2.75) is 20.0 Å². The predicted molar refractivity (Wildman–Crippen MR) is 97.5 cm³/mol. The maximum atomic E-state index is 12.9. The number of nitrogens with one attached hydrogen (secondary N) is 3. The summed E-state index contributed by atoms with van der Waals surface area (Å²) in [6.45, 7) is 2.71. The normalized spacial score (nSPS) is 10.1. The molecule has 2 aromatic rings. The Kier molecular flexibility index (Phi) is 7.42. The molecule has 0 aliphatic carbocycles. The third-order valence-corrected chi connectivity index (χ3v) is 3.39. The monoisotopic (exact) mass is 359 g/mol. The van der Waals surface area contributed by atoms with Crippen LogP contribution in [0.3, 0.4) is 0 Å². The highest BCUT2D eigenvalue weighted by atomic mass is 19.1. The summed E-state index contributed by atoms with van der Waals surface area (Å²) in [4.78, 5) is 23.1. The van der Waals surface area contributed by atoms with Gasteiger partial charge in [0.25, 0.3) is 0 Å². The van der Waals surface area contributed by atoms with Crippen LogP contribution in [0.15, 0.2) is 48.5 Å². The van der Waals surface area contributed by atoms with Crippen molar-refractivity contribution in [3.63, 3.8) is 0 Å². The van der Waals surface area contributed by atoms with Gasteiger partial charge in [0.2, 0.25) is 5.91 Å². The Morgan fingerprint density at radius 2 is 1.88 bits per heavy atom. The lowest BCUT2D eigenvalue weighted by atomic mass is 10.2. The maximum absolute atomic E-state index is 12.9. The molecule has 3 amide bonds. The average Bonchev–Trinajstić information content (AvgIpc) is 2.64. The zero-order valence-corrected chi connectivity index (χ0v) is 14.5. The summed E-state index contributed by atoms with van der Waals surface area (Å²) in [6, 6.07) is 12.7. The molecule has 0 spiro atoms. The molecule has 6 nitrogen and oxygen atoms in total. The minimum atomic E-state index is -0.505. The van der Waals surface area contributed by atoms with Crippen LogP contribution < -0.4 is 20.7 Å². The van der Waals surface area contributed by atoms with Gasteiger partial charge in [-0.2, -0.15) is 0 Å². The molecule has 0 aliphatic heterocycles. The number of hydrogen-bond donors (Lipinski definition) is 3. The van der Waals surface area contributed by atoms with Crippen molar-refractivity contribution in [3.05, 3.63) is 59.9 Å². The number of carbonyl (C=O) groups excluding carboxylic acids is 2. The molecule has 26 heavy (non-hydrogen) atoms. The van der Waals surface area contributed by atoms with Crippen molar-refractivity contribution in [1.82, 2.24) is 10.6 Å². The van der Waals surface area contributed by atoms with Crippen LogP contribution in [0.5, 0.6) is 5.75 Å². The van der Waals surface area contributed by atoms with Crippen LogP contribution in [0.2, 0.25) is 0 Å².